The third kappa shape index (κ3) is 2.78. The molecule has 2 N–H and O–H groups in total. The Balaban J connectivity index is 1.67. The summed E-state index contributed by atoms with van der Waals surface area (Å²) in [5.74, 6) is 2.33. The number of aryl methyl sites for hydroxylation is 2. The highest BCUT2D eigenvalue weighted by atomic mass is 16.5. The largest absolute Gasteiger partial charge is 0.455 e. The normalized spacial score (nSPS) is 10.8. The van der Waals surface area contributed by atoms with Crippen molar-refractivity contribution in [1.29, 1.82) is 0 Å². The van der Waals surface area contributed by atoms with Crippen LogP contribution in [0.4, 0.5) is 0 Å². The molecule has 0 aliphatic carbocycles. The first-order valence-electron chi connectivity index (χ1n) is 6.51. The molecule has 0 fully saturated rings. The fraction of sp³-hybridized carbons (Fsp3) is 0.200. The van der Waals surface area contributed by atoms with Gasteiger partial charge < -0.3 is 14.7 Å². The maximum Gasteiger partial charge on any atom is 0.293 e. The Morgan fingerprint density at radius 1 is 1.00 bits per heavy atom. The second-order valence-corrected chi connectivity index (χ2v) is 4.47. The summed E-state index contributed by atoms with van der Waals surface area (Å²) in [5, 5.41) is 3.97. The molecule has 0 amide bonds. The third-order valence-electron chi connectivity index (χ3n) is 3.02. The predicted octanol–water partition coefficient (Wildman–Crippen LogP) is 2.57. The summed E-state index contributed by atoms with van der Waals surface area (Å²) < 4.78 is 10.7. The van der Waals surface area contributed by atoms with E-state index in [1.165, 1.54) is 5.56 Å². The van der Waals surface area contributed by atoms with Crippen molar-refractivity contribution in [2.45, 2.75) is 19.4 Å². The summed E-state index contributed by atoms with van der Waals surface area (Å²) in [6, 6.07) is 13.8. The minimum Gasteiger partial charge on any atom is -0.455 e. The molecular formula is C15H15N3O2. The van der Waals surface area contributed by atoms with Crippen LogP contribution in [0.15, 0.2) is 51.4 Å². The van der Waals surface area contributed by atoms with Crippen LogP contribution in [0.1, 0.15) is 17.1 Å². The van der Waals surface area contributed by atoms with E-state index in [1.54, 1.807) is 6.07 Å². The molecular weight excluding hydrogens is 254 g/mol. The molecule has 0 saturated carbocycles. The van der Waals surface area contributed by atoms with Crippen LogP contribution in [0.2, 0.25) is 0 Å². The Labute approximate surface area is 116 Å². The van der Waals surface area contributed by atoms with Gasteiger partial charge in [-0.1, -0.05) is 35.5 Å². The zero-order valence-electron chi connectivity index (χ0n) is 11.0. The smallest absolute Gasteiger partial charge is 0.293 e. The molecule has 3 rings (SSSR count). The Morgan fingerprint density at radius 3 is 2.60 bits per heavy atom. The fourth-order valence-electron chi connectivity index (χ4n) is 1.96. The van der Waals surface area contributed by atoms with Crippen LogP contribution in [-0.4, -0.2) is 10.1 Å². The number of hydrogen-bond acceptors (Lipinski definition) is 5. The van der Waals surface area contributed by atoms with E-state index in [9.17, 15) is 0 Å². The predicted molar refractivity (Wildman–Crippen MR) is 73.7 cm³/mol. The van der Waals surface area contributed by atoms with E-state index >= 15 is 0 Å². The van der Waals surface area contributed by atoms with Crippen molar-refractivity contribution in [3.63, 3.8) is 0 Å². The van der Waals surface area contributed by atoms with Crippen molar-refractivity contribution >= 4 is 0 Å². The van der Waals surface area contributed by atoms with Gasteiger partial charge in [-0.15, -0.1) is 0 Å². The van der Waals surface area contributed by atoms with E-state index in [-0.39, 0.29) is 0 Å². The number of benzene rings is 1. The van der Waals surface area contributed by atoms with Crippen LogP contribution in [-0.2, 0) is 19.4 Å². The molecule has 0 spiro atoms. The number of aromatic nitrogens is 2. The maximum absolute atomic E-state index is 5.50. The molecule has 0 aliphatic rings. The Hall–Kier alpha value is -2.40. The Morgan fingerprint density at radius 2 is 1.85 bits per heavy atom. The van der Waals surface area contributed by atoms with Crippen molar-refractivity contribution in [2.24, 2.45) is 5.73 Å². The molecule has 0 atom stereocenters. The van der Waals surface area contributed by atoms with Gasteiger partial charge in [-0.25, -0.2) is 0 Å². The van der Waals surface area contributed by atoms with Gasteiger partial charge in [0, 0.05) is 6.42 Å². The van der Waals surface area contributed by atoms with Gasteiger partial charge in [0.15, 0.2) is 11.6 Å². The fourth-order valence-corrected chi connectivity index (χ4v) is 1.96. The van der Waals surface area contributed by atoms with Crippen LogP contribution in [0.5, 0.6) is 0 Å². The van der Waals surface area contributed by atoms with Gasteiger partial charge in [0.05, 0.1) is 6.54 Å². The van der Waals surface area contributed by atoms with Gasteiger partial charge in [0.2, 0.25) is 0 Å². The van der Waals surface area contributed by atoms with E-state index in [1.807, 2.05) is 24.3 Å². The molecule has 0 bridgehead atoms. The molecule has 0 saturated heterocycles. The lowest BCUT2D eigenvalue weighted by Gasteiger charge is -1.96. The molecule has 5 heteroatoms. The van der Waals surface area contributed by atoms with Crippen LogP contribution >= 0.6 is 0 Å². The minimum atomic E-state index is 0.356. The standard InChI is InChI=1S/C15H15N3O2/c16-10-12-7-8-13(19-12)15-17-14(18-20-15)9-6-11-4-2-1-3-5-11/h1-5,7-8H,6,9-10,16H2. The second kappa shape index (κ2) is 5.71. The average Bonchev–Trinajstić information content (AvgIpc) is 3.15. The maximum atomic E-state index is 5.50. The SMILES string of the molecule is NCc1ccc(-c2nc(CCc3ccccc3)no2)o1. The van der Waals surface area contributed by atoms with Crippen LogP contribution in [0, 0.1) is 0 Å². The van der Waals surface area contributed by atoms with Gasteiger partial charge in [0.1, 0.15) is 5.76 Å². The van der Waals surface area contributed by atoms with Gasteiger partial charge in [-0.05, 0) is 24.1 Å². The van der Waals surface area contributed by atoms with Crippen molar-refractivity contribution < 1.29 is 8.94 Å². The van der Waals surface area contributed by atoms with Crippen molar-refractivity contribution in [2.75, 3.05) is 0 Å². The molecule has 0 aliphatic heterocycles. The molecule has 1 aromatic carbocycles. The molecule has 20 heavy (non-hydrogen) atoms. The first kappa shape index (κ1) is 12.6. The van der Waals surface area contributed by atoms with E-state index in [0.29, 0.717) is 29.8 Å². The highest BCUT2D eigenvalue weighted by Crippen LogP contribution is 2.20. The Kier molecular flexibility index (Phi) is 3.60. The number of hydrogen-bond donors (Lipinski definition) is 1. The summed E-state index contributed by atoms with van der Waals surface area (Å²) in [7, 11) is 0. The van der Waals surface area contributed by atoms with E-state index in [0.717, 1.165) is 12.8 Å². The molecule has 0 radical (unpaired) electrons. The monoisotopic (exact) mass is 269 g/mol. The first-order valence-corrected chi connectivity index (χ1v) is 6.51. The van der Waals surface area contributed by atoms with E-state index in [4.69, 9.17) is 14.7 Å². The summed E-state index contributed by atoms with van der Waals surface area (Å²) in [4.78, 5) is 4.33. The topological polar surface area (TPSA) is 78.1 Å². The lowest BCUT2D eigenvalue weighted by molar-refractivity contribution is 0.405. The van der Waals surface area contributed by atoms with Gasteiger partial charge in [-0.3, -0.25) is 0 Å². The quantitative estimate of drug-likeness (QED) is 0.770. The summed E-state index contributed by atoms with van der Waals surface area (Å²) in [6.45, 7) is 0.356. The zero-order valence-corrected chi connectivity index (χ0v) is 11.0. The summed E-state index contributed by atoms with van der Waals surface area (Å²) >= 11 is 0. The van der Waals surface area contributed by atoms with Gasteiger partial charge in [-0.2, -0.15) is 4.98 Å². The molecule has 2 aromatic heterocycles. The zero-order chi connectivity index (χ0) is 13.8. The molecule has 102 valence electrons. The average molecular weight is 269 g/mol. The highest BCUT2D eigenvalue weighted by Gasteiger charge is 2.12. The van der Waals surface area contributed by atoms with Crippen molar-refractivity contribution in [3.05, 3.63) is 59.6 Å². The summed E-state index contributed by atoms with van der Waals surface area (Å²) in [5.41, 5.74) is 6.75. The van der Waals surface area contributed by atoms with Gasteiger partial charge >= 0.3 is 0 Å². The minimum absolute atomic E-state index is 0.356. The Bertz CT molecular complexity index is 673. The molecule has 0 unspecified atom stereocenters. The lowest BCUT2D eigenvalue weighted by atomic mass is 10.1. The number of furan rings is 1. The van der Waals surface area contributed by atoms with Gasteiger partial charge in [0.25, 0.3) is 5.89 Å². The third-order valence-corrected chi connectivity index (χ3v) is 3.02. The summed E-state index contributed by atoms with van der Waals surface area (Å²) in [6.07, 6.45) is 1.62. The van der Waals surface area contributed by atoms with Crippen molar-refractivity contribution in [1.82, 2.24) is 10.1 Å². The van der Waals surface area contributed by atoms with Crippen LogP contribution in [0.3, 0.4) is 0 Å². The van der Waals surface area contributed by atoms with Crippen LogP contribution in [0.25, 0.3) is 11.7 Å². The first-order chi connectivity index (χ1) is 9.85. The molecule has 5 nitrogen and oxygen atoms in total. The highest BCUT2D eigenvalue weighted by molar-refractivity contribution is 5.44. The van der Waals surface area contributed by atoms with Crippen molar-refractivity contribution in [3.8, 4) is 11.7 Å². The van der Waals surface area contributed by atoms with Crippen LogP contribution < -0.4 is 5.73 Å². The number of nitrogens with two attached hydrogens (primary N) is 1. The number of rotatable bonds is 5. The molecule has 2 heterocycles. The van der Waals surface area contributed by atoms with E-state index < -0.39 is 0 Å². The lowest BCUT2D eigenvalue weighted by Crippen LogP contribution is -1.93. The second-order valence-electron chi connectivity index (χ2n) is 4.47. The van der Waals surface area contributed by atoms with E-state index in [2.05, 4.69) is 22.3 Å². The molecule has 3 aromatic rings. The number of nitrogens with zero attached hydrogens (tertiary/aromatic N) is 2.